The number of nitrogens with one attached hydrogen (secondary N) is 1. The van der Waals surface area contributed by atoms with E-state index in [9.17, 15) is 8.42 Å². The van der Waals surface area contributed by atoms with Crippen LogP contribution in [0.15, 0.2) is 58.1 Å². The average Bonchev–Trinajstić information content (AvgIpc) is 3.15. The van der Waals surface area contributed by atoms with E-state index in [0.29, 0.717) is 22.8 Å². The molecule has 0 saturated heterocycles. The molecule has 0 radical (unpaired) electrons. The normalized spacial score (nSPS) is 11.2. The molecule has 0 atom stereocenters. The summed E-state index contributed by atoms with van der Waals surface area (Å²) in [6.45, 7) is 1.87. The summed E-state index contributed by atoms with van der Waals surface area (Å²) in [4.78, 5) is 0.00632. The fourth-order valence-electron chi connectivity index (χ4n) is 2.51. The second-order valence-corrected chi connectivity index (χ2v) is 7.20. The largest absolute Gasteiger partial charge is 0.495 e. The Bertz CT molecular complexity index is 1010. The summed E-state index contributed by atoms with van der Waals surface area (Å²) in [5.41, 5.74) is 1.91. The number of aryl methyl sites for hydroxylation is 1. The SMILES string of the molecule is COc1ccc(C)cc1NS(=O)(=O)c1ccc(-c2ccno2)cc1OC. The predicted octanol–water partition coefficient (Wildman–Crippen LogP) is 3.47. The van der Waals surface area contributed by atoms with Gasteiger partial charge in [-0.2, -0.15) is 0 Å². The monoisotopic (exact) mass is 374 g/mol. The second kappa shape index (κ2) is 7.09. The van der Waals surface area contributed by atoms with Gasteiger partial charge in [-0.15, -0.1) is 0 Å². The summed E-state index contributed by atoms with van der Waals surface area (Å²) in [7, 11) is -1.00. The highest BCUT2D eigenvalue weighted by Gasteiger charge is 2.22. The van der Waals surface area contributed by atoms with Crippen molar-refractivity contribution in [2.75, 3.05) is 18.9 Å². The van der Waals surface area contributed by atoms with E-state index in [-0.39, 0.29) is 10.6 Å². The van der Waals surface area contributed by atoms with E-state index in [1.165, 1.54) is 26.5 Å². The number of methoxy groups -OCH3 is 2. The fourth-order valence-corrected chi connectivity index (χ4v) is 3.72. The summed E-state index contributed by atoms with van der Waals surface area (Å²) >= 11 is 0. The molecule has 2 aromatic carbocycles. The first-order valence-corrected chi connectivity index (χ1v) is 9.19. The Morgan fingerprint density at radius 2 is 1.77 bits per heavy atom. The highest BCUT2D eigenvalue weighted by Crippen LogP contribution is 2.33. The summed E-state index contributed by atoms with van der Waals surface area (Å²) in [6, 6.07) is 11.6. The molecular formula is C18H18N2O5S. The molecule has 8 heteroatoms. The number of rotatable bonds is 6. The standard InChI is InChI=1S/C18H18N2O5S/c1-12-4-6-16(23-2)14(10-12)20-26(21,22)18-7-5-13(11-17(18)24-3)15-8-9-19-25-15/h4-11,20H,1-3H3. The fraction of sp³-hybridized carbons (Fsp3) is 0.167. The molecule has 3 aromatic rings. The molecule has 26 heavy (non-hydrogen) atoms. The van der Waals surface area contributed by atoms with Crippen molar-refractivity contribution in [1.29, 1.82) is 0 Å². The zero-order valence-corrected chi connectivity index (χ0v) is 15.3. The molecule has 1 aromatic heterocycles. The lowest BCUT2D eigenvalue weighted by molar-refractivity contribution is 0.402. The molecule has 0 bridgehead atoms. The molecule has 0 unspecified atom stereocenters. The predicted molar refractivity (Wildman–Crippen MR) is 97.0 cm³/mol. The lowest BCUT2D eigenvalue weighted by Gasteiger charge is -2.15. The lowest BCUT2D eigenvalue weighted by atomic mass is 10.1. The van der Waals surface area contributed by atoms with Crippen molar-refractivity contribution >= 4 is 15.7 Å². The van der Waals surface area contributed by atoms with Gasteiger partial charge in [-0.1, -0.05) is 11.2 Å². The van der Waals surface area contributed by atoms with E-state index in [0.717, 1.165) is 5.56 Å². The molecule has 0 aliphatic heterocycles. The van der Waals surface area contributed by atoms with E-state index in [1.54, 1.807) is 30.3 Å². The smallest absolute Gasteiger partial charge is 0.265 e. The van der Waals surface area contributed by atoms with Crippen LogP contribution in [0.5, 0.6) is 11.5 Å². The van der Waals surface area contributed by atoms with Crippen LogP contribution in [-0.4, -0.2) is 27.8 Å². The van der Waals surface area contributed by atoms with Crippen molar-refractivity contribution in [2.24, 2.45) is 0 Å². The van der Waals surface area contributed by atoms with Crippen LogP contribution >= 0.6 is 0 Å². The van der Waals surface area contributed by atoms with Crippen LogP contribution in [0.3, 0.4) is 0 Å². The Labute approximate surface area is 151 Å². The maximum absolute atomic E-state index is 12.9. The number of hydrogen-bond acceptors (Lipinski definition) is 6. The Morgan fingerprint density at radius 1 is 1.00 bits per heavy atom. The molecule has 136 valence electrons. The van der Waals surface area contributed by atoms with Gasteiger partial charge in [0.2, 0.25) is 0 Å². The molecule has 0 aliphatic carbocycles. The van der Waals surface area contributed by atoms with Gasteiger partial charge in [-0.05, 0) is 42.8 Å². The van der Waals surface area contributed by atoms with Gasteiger partial charge in [0.1, 0.15) is 16.4 Å². The topological polar surface area (TPSA) is 90.7 Å². The van der Waals surface area contributed by atoms with Gasteiger partial charge < -0.3 is 14.0 Å². The molecule has 0 fully saturated rings. The van der Waals surface area contributed by atoms with Crippen LogP contribution in [0, 0.1) is 6.92 Å². The van der Waals surface area contributed by atoms with Crippen molar-refractivity contribution in [2.45, 2.75) is 11.8 Å². The Hall–Kier alpha value is -3.00. The third-order valence-electron chi connectivity index (χ3n) is 3.77. The molecule has 3 rings (SSSR count). The molecule has 1 heterocycles. The van der Waals surface area contributed by atoms with Gasteiger partial charge in [0, 0.05) is 11.6 Å². The number of ether oxygens (including phenoxy) is 2. The van der Waals surface area contributed by atoms with E-state index < -0.39 is 10.0 Å². The van der Waals surface area contributed by atoms with Gasteiger partial charge in [0.05, 0.1) is 26.1 Å². The van der Waals surface area contributed by atoms with Crippen molar-refractivity contribution in [3.05, 3.63) is 54.2 Å². The van der Waals surface area contributed by atoms with Crippen LogP contribution in [0.25, 0.3) is 11.3 Å². The molecule has 1 N–H and O–H groups in total. The summed E-state index contributed by atoms with van der Waals surface area (Å²) in [5, 5.41) is 3.65. The number of nitrogens with zero attached hydrogens (tertiary/aromatic N) is 1. The third-order valence-corrected chi connectivity index (χ3v) is 5.18. The van der Waals surface area contributed by atoms with E-state index in [1.807, 2.05) is 13.0 Å². The summed E-state index contributed by atoms with van der Waals surface area (Å²) in [5.74, 6) is 1.13. The first kappa shape index (κ1) is 17.8. The highest BCUT2D eigenvalue weighted by molar-refractivity contribution is 7.92. The van der Waals surface area contributed by atoms with Crippen molar-refractivity contribution in [3.63, 3.8) is 0 Å². The zero-order valence-electron chi connectivity index (χ0n) is 14.5. The van der Waals surface area contributed by atoms with Gasteiger partial charge in [0.15, 0.2) is 5.76 Å². The van der Waals surface area contributed by atoms with Crippen molar-refractivity contribution < 1.29 is 22.4 Å². The van der Waals surface area contributed by atoms with Gasteiger partial charge in [0.25, 0.3) is 10.0 Å². The summed E-state index contributed by atoms with van der Waals surface area (Å²) < 4.78 is 43.9. The first-order chi connectivity index (χ1) is 12.4. The minimum Gasteiger partial charge on any atom is -0.495 e. The number of anilines is 1. The van der Waals surface area contributed by atoms with Crippen LogP contribution in [-0.2, 0) is 10.0 Å². The number of benzene rings is 2. The van der Waals surface area contributed by atoms with Crippen LogP contribution in [0.2, 0.25) is 0 Å². The first-order valence-electron chi connectivity index (χ1n) is 7.71. The summed E-state index contributed by atoms with van der Waals surface area (Å²) in [6.07, 6.45) is 1.51. The van der Waals surface area contributed by atoms with E-state index in [2.05, 4.69) is 9.88 Å². The molecule has 0 aliphatic rings. The Kier molecular flexibility index (Phi) is 4.85. The minimum atomic E-state index is -3.89. The van der Waals surface area contributed by atoms with Gasteiger partial charge >= 0.3 is 0 Å². The Morgan fingerprint density at radius 3 is 2.42 bits per heavy atom. The molecule has 0 spiro atoms. The molecule has 7 nitrogen and oxygen atoms in total. The van der Waals surface area contributed by atoms with E-state index in [4.69, 9.17) is 14.0 Å². The third kappa shape index (κ3) is 3.50. The van der Waals surface area contributed by atoms with Crippen LogP contribution in [0.1, 0.15) is 5.56 Å². The quantitative estimate of drug-likeness (QED) is 0.710. The van der Waals surface area contributed by atoms with Crippen LogP contribution < -0.4 is 14.2 Å². The second-order valence-electron chi connectivity index (χ2n) is 5.55. The lowest BCUT2D eigenvalue weighted by Crippen LogP contribution is -2.15. The Balaban J connectivity index is 2.01. The molecule has 0 amide bonds. The maximum atomic E-state index is 12.9. The van der Waals surface area contributed by atoms with Gasteiger partial charge in [-0.3, -0.25) is 4.72 Å². The van der Waals surface area contributed by atoms with Gasteiger partial charge in [-0.25, -0.2) is 8.42 Å². The maximum Gasteiger partial charge on any atom is 0.265 e. The molecular weight excluding hydrogens is 356 g/mol. The number of sulfonamides is 1. The van der Waals surface area contributed by atoms with Crippen LogP contribution in [0.4, 0.5) is 5.69 Å². The number of hydrogen-bond donors (Lipinski definition) is 1. The number of aromatic nitrogens is 1. The van der Waals surface area contributed by atoms with Crippen molar-refractivity contribution in [3.8, 4) is 22.8 Å². The zero-order chi connectivity index (χ0) is 18.7. The molecule has 0 saturated carbocycles. The van der Waals surface area contributed by atoms with E-state index >= 15 is 0 Å². The highest BCUT2D eigenvalue weighted by atomic mass is 32.2. The van der Waals surface area contributed by atoms with Crippen molar-refractivity contribution in [1.82, 2.24) is 5.16 Å². The minimum absolute atomic E-state index is 0.00632. The average molecular weight is 374 g/mol.